The summed E-state index contributed by atoms with van der Waals surface area (Å²) in [4.78, 5) is 12.4. The molecule has 1 atom stereocenters. The summed E-state index contributed by atoms with van der Waals surface area (Å²) in [7, 11) is 0. The maximum absolute atomic E-state index is 12.4. The van der Waals surface area contributed by atoms with Crippen molar-refractivity contribution >= 4 is 11.6 Å². The lowest BCUT2D eigenvalue weighted by Crippen LogP contribution is -2.40. The molecule has 1 heterocycles. The smallest absolute Gasteiger partial charge is 0.269 e. The third-order valence-corrected chi connectivity index (χ3v) is 5.06. The molecule has 2 aromatic rings. The first-order valence-corrected chi connectivity index (χ1v) is 9.09. The molecular weight excluding hydrogens is 314 g/mol. The molecule has 4 rings (SSSR count). The van der Waals surface area contributed by atoms with E-state index in [1.165, 1.54) is 37.7 Å². The van der Waals surface area contributed by atoms with Gasteiger partial charge in [0.25, 0.3) is 5.91 Å². The van der Waals surface area contributed by atoms with Crippen molar-refractivity contribution in [2.24, 2.45) is 0 Å². The Hall–Kier alpha value is -2.49. The van der Waals surface area contributed by atoms with E-state index in [4.69, 9.17) is 9.47 Å². The molecular formula is C21H23NO3. The Balaban J connectivity index is 1.38. The highest BCUT2D eigenvalue weighted by Gasteiger charge is 2.27. The van der Waals surface area contributed by atoms with Gasteiger partial charge in [0, 0.05) is 5.69 Å². The Morgan fingerprint density at radius 1 is 0.920 bits per heavy atom. The summed E-state index contributed by atoms with van der Waals surface area (Å²) in [5, 5.41) is 2.93. The maximum Gasteiger partial charge on any atom is 0.269 e. The minimum Gasteiger partial charge on any atom is -0.485 e. The third-order valence-electron chi connectivity index (χ3n) is 5.06. The van der Waals surface area contributed by atoms with Crippen LogP contribution in [0.25, 0.3) is 0 Å². The fourth-order valence-corrected chi connectivity index (χ4v) is 3.65. The molecule has 0 saturated heterocycles. The van der Waals surface area contributed by atoms with Gasteiger partial charge < -0.3 is 14.8 Å². The molecule has 1 aliphatic carbocycles. The van der Waals surface area contributed by atoms with E-state index in [2.05, 4.69) is 17.4 Å². The van der Waals surface area contributed by atoms with Crippen molar-refractivity contribution in [1.82, 2.24) is 0 Å². The lowest BCUT2D eigenvalue weighted by atomic mass is 9.84. The van der Waals surface area contributed by atoms with Gasteiger partial charge in [0.1, 0.15) is 6.61 Å². The van der Waals surface area contributed by atoms with Gasteiger partial charge in [0.2, 0.25) is 6.10 Å². The molecule has 1 amide bonds. The van der Waals surface area contributed by atoms with Gasteiger partial charge >= 0.3 is 0 Å². The fourth-order valence-electron chi connectivity index (χ4n) is 3.65. The van der Waals surface area contributed by atoms with Gasteiger partial charge in [-0.25, -0.2) is 0 Å². The Morgan fingerprint density at radius 3 is 2.40 bits per heavy atom. The summed E-state index contributed by atoms with van der Waals surface area (Å²) >= 11 is 0. The van der Waals surface area contributed by atoms with Crippen molar-refractivity contribution in [2.45, 2.75) is 44.1 Å². The average molecular weight is 337 g/mol. The molecule has 0 aromatic heterocycles. The van der Waals surface area contributed by atoms with Crippen LogP contribution in [-0.2, 0) is 4.79 Å². The van der Waals surface area contributed by atoms with Crippen molar-refractivity contribution in [1.29, 1.82) is 0 Å². The fraction of sp³-hybridized carbons (Fsp3) is 0.381. The molecule has 1 unspecified atom stereocenters. The number of fused-ring (bicyclic) bond motifs is 1. The van der Waals surface area contributed by atoms with Crippen LogP contribution in [0.2, 0.25) is 0 Å². The van der Waals surface area contributed by atoms with Gasteiger partial charge in [0.05, 0.1) is 0 Å². The quantitative estimate of drug-likeness (QED) is 0.896. The van der Waals surface area contributed by atoms with Crippen molar-refractivity contribution in [3.63, 3.8) is 0 Å². The Bertz CT molecular complexity index is 735. The monoisotopic (exact) mass is 337 g/mol. The minimum absolute atomic E-state index is 0.181. The molecule has 1 aliphatic heterocycles. The standard InChI is InChI=1S/C21H23NO3/c23-21(20-14-24-18-8-4-5-9-19(18)25-20)22-17-12-10-16(11-13-17)15-6-2-1-3-7-15/h4-5,8-13,15,20H,1-3,6-7,14H2,(H,22,23). The Morgan fingerprint density at radius 2 is 1.64 bits per heavy atom. The van der Waals surface area contributed by atoms with Crippen LogP contribution < -0.4 is 14.8 Å². The Kier molecular flexibility index (Phi) is 4.59. The van der Waals surface area contributed by atoms with Crippen LogP contribution in [0.3, 0.4) is 0 Å². The van der Waals surface area contributed by atoms with Gasteiger partial charge in [-0.05, 0) is 48.6 Å². The molecule has 2 aliphatic rings. The number of carbonyl (C=O) groups is 1. The molecule has 0 spiro atoms. The largest absolute Gasteiger partial charge is 0.485 e. The summed E-state index contributed by atoms with van der Waals surface area (Å²) in [6, 6.07) is 15.7. The van der Waals surface area contributed by atoms with Crippen molar-refractivity contribution in [2.75, 3.05) is 11.9 Å². The number of anilines is 1. The highest BCUT2D eigenvalue weighted by atomic mass is 16.6. The van der Waals surface area contributed by atoms with E-state index in [0.29, 0.717) is 17.4 Å². The molecule has 130 valence electrons. The van der Waals surface area contributed by atoms with E-state index < -0.39 is 6.10 Å². The highest BCUT2D eigenvalue weighted by molar-refractivity contribution is 5.94. The van der Waals surface area contributed by atoms with Gasteiger partial charge in [0.15, 0.2) is 11.5 Å². The van der Waals surface area contributed by atoms with Crippen molar-refractivity contribution in [3.8, 4) is 11.5 Å². The normalized spacial score (nSPS) is 20.1. The Labute approximate surface area is 148 Å². The van der Waals surface area contributed by atoms with Crippen LogP contribution in [0, 0.1) is 0 Å². The van der Waals surface area contributed by atoms with Gasteiger partial charge in [-0.2, -0.15) is 0 Å². The third kappa shape index (κ3) is 3.63. The number of para-hydroxylation sites is 2. The van der Waals surface area contributed by atoms with Gasteiger partial charge in [-0.1, -0.05) is 43.5 Å². The molecule has 4 heteroatoms. The van der Waals surface area contributed by atoms with E-state index in [1.807, 2.05) is 36.4 Å². The molecule has 0 radical (unpaired) electrons. The molecule has 1 saturated carbocycles. The SMILES string of the molecule is O=C(Nc1ccc(C2CCCCC2)cc1)C1COc2ccccc2O1. The lowest BCUT2D eigenvalue weighted by molar-refractivity contribution is -0.125. The zero-order chi connectivity index (χ0) is 17.1. The van der Waals surface area contributed by atoms with Crippen LogP contribution in [0.15, 0.2) is 48.5 Å². The van der Waals surface area contributed by atoms with Crippen molar-refractivity contribution < 1.29 is 14.3 Å². The summed E-state index contributed by atoms with van der Waals surface area (Å²) in [5.41, 5.74) is 2.18. The number of ether oxygens (including phenoxy) is 2. The van der Waals surface area contributed by atoms with Crippen molar-refractivity contribution in [3.05, 3.63) is 54.1 Å². The number of amides is 1. The second kappa shape index (κ2) is 7.18. The van der Waals surface area contributed by atoms with Crippen LogP contribution in [0.4, 0.5) is 5.69 Å². The van der Waals surface area contributed by atoms with Crippen LogP contribution in [-0.4, -0.2) is 18.6 Å². The number of hydrogen-bond donors (Lipinski definition) is 1. The topological polar surface area (TPSA) is 47.6 Å². The molecule has 1 N–H and O–H groups in total. The van der Waals surface area contributed by atoms with Gasteiger partial charge in [-0.15, -0.1) is 0 Å². The zero-order valence-corrected chi connectivity index (χ0v) is 14.2. The summed E-state index contributed by atoms with van der Waals surface area (Å²) < 4.78 is 11.4. The minimum atomic E-state index is -0.632. The number of rotatable bonds is 3. The van der Waals surface area contributed by atoms with Crippen LogP contribution >= 0.6 is 0 Å². The van der Waals surface area contributed by atoms with E-state index >= 15 is 0 Å². The first-order chi connectivity index (χ1) is 12.3. The van der Waals surface area contributed by atoms with Gasteiger partial charge in [-0.3, -0.25) is 4.79 Å². The second-order valence-corrected chi connectivity index (χ2v) is 6.81. The van der Waals surface area contributed by atoms with E-state index in [-0.39, 0.29) is 12.5 Å². The lowest BCUT2D eigenvalue weighted by Gasteiger charge is -2.25. The van der Waals surface area contributed by atoms with E-state index in [1.54, 1.807) is 0 Å². The number of benzene rings is 2. The van der Waals surface area contributed by atoms with Crippen LogP contribution in [0.1, 0.15) is 43.6 Å². The molecule has 1 fully saturated rings. The second-order valence-electron chi connectivity index (χ2n) is 6.81. The predicted octanol–water partition coefficient (Wildman–Crippen LogP) is 4.51. The zero-order valence-electron chi connectivity index (χ0n) is 14.2. The number of hydrogen-bond acceptors (Lipinski definition) is 3. The first kappa shape index (κ1) is 16.0. The predicted molar refractivity (Wildman–Crippen MR) is 97.3 cm³/mol. The summed E-state index contributed by atoms with van der Waals surface area (Å²) in [5.74, 6) is 1.79. The highest BCUT2D eigenvalue weighted by Crippen LogP contribution is 2.33. The maximum atomic E-state index is 12.4. The molecule has 2 aromatic carbocycles. The average Bonchev–Trinajstić information content (AvgIpc) is 2.69. The van der Waals surface area contributed by atoms with Crippen LogP contribution in [0.5, 0.6) is 11.5 Å². The molecule has 4 nitrogen and oxygen atoms in total. The summed E-state index contributed by atoms with van der Waals surface area (Å²) in [6.07, 6.45) is 5.93. The first-order valence-electron chi connectivity index (χ1n) is 9.09. The molecule has 0 bridgehead atoms. The van der Waals surface area contributed by atoms with E-state index in [9.17, 15) is 4.79 Å². The number of carbonyl (C=O) groups excluding carboxylic acids is 1. The van der Waals surface area contributed by atoms with E-state index in [0.717, 1.165) is 5.69 Å². The molecule has 25 heavy (non-hydrogen) atoms. The summed E-state index contributed by atoms with van der Waals surface area (Å²) in [6.45, 7) is 0.225. The number of nitrogens with one attached hydrogen (secondary N) is 1.